The SMILES string of the molecule is C[C@@H](O)C(=O)Nc1ccc(Cl)cc1Cl. The van der Waals surface area contributed by atoms with Crippen LogP contribution in [-0.2, 0) is 4.79 Å². The topological polar surface area (TPSA) is 49.3 Å². The monoisotopic (exact) mass is 233 g/mol. The summed E-state index contributed by atoms with van der Waals surface area (Å²) in [5, 5.41) is 12.2. The Morgan fingerprint density at radius 3 is 2.64 bits per heavy atom. The van der Waals surface area contributed by atoms with Gasteiger partial charge in [-0.3, -0.25) is 4.79 Å². The largest absolute Gasteiger partial charge is 0.384 e. The van der Waals surface area contributed by atoms with Gasteiger partial charge in [-0.2, -0.15) is 0 Å². The molecule has 0 fully saturated rings. The van der Waals surface area contributed by atoms with Crippen LogP contribution in [0.1, 0.15) is 6.92 Å². The molecule has 1 rings (SSSR count). The maximum atomic E-state index is 11.1. The number of carbonyl (C=O) groups is 1. The lowest BCUT2D eigenvalue weighted by molar-refractivity contribution is -0.123. The van der Waals surface area contributed by atoms with Crippen LogP contribution < -0.4 is 5.32 Å². The number of rotatable bonds is 2. The van der Waals surface area contributed by atoms with Gasteiger partial charge in [0, 0.05) is 5.02 Å². The lowest BCUT2D eigenvalue weighted by atomic mass is 10.3. The van der Waals surface area contributed by atoms with Crippen molar-refractivity contribution < 1.29 is 9.90 Å². The molecule has 0 aliphatic heterocycles. The van der Waals surface area contributed by atoms with Crippen LogP contribution in [0, 0.1) is 0 Å². The van der Waals surface area contributed by atoms with Crippen LogP contribution in [0.3, 0.4) is 0 Å². The number of anilines is 1. The molecule has 0 aliphatic rings. The van der Waals surface area contributed by atoms with Gasteiger partial charge in [-0.05, 0) is 25.1 Å². The molecule has 3 nitrogen and oxygen atoms in total. The van der Waals surface area contributed by atoms with E-state index in [-0.39, 0.29) is 0 Å². The molecule has 5 heteroatoms. The number of amides is 1. The van der Waals surface area contributed by atoms with Crippen molar-refractivity contribution in [3.05, 3.63) is 28.2 Å². The first-order valence-electron chi connectivity index (χ1n) is 3.94. The van der Waals surface area contributed by atoms with E-state index in [0.29, 0.717) is 15.7 Å². The van der Waals surface area contributed by atoms with Crippen molar-refractivity contribution in [2.75, 3.05) is 5.32 Å². The van der Waals surface area contributed by atoms with Gasteiger partial charge in [-0.25, -0.2) is 0 Å². The van der Waals surface area contributed by atoms with Gasteiger partial charge in [0.25, 0.3) is 5.91 Å². The average Bonchev–Trinajstić information content (AvgIpc) is 2.09. The molecule has 1 atom stereocenters. The van der Waals surface area contributed by atoms with Crippen molar-refractivity contribution in [3.63, 3.8) is 0 Å². The zero-order chi connectivity index (χ0) is 10.7. The van der Waals surface area contributed by atoms with E-state index in [1.165, 1.54) is 13.0 Å². The Hall–Kier alpha value is -0.770. The predicted molar refractivity (Wildman–Crippen MR) is 56.8 cm³/mol. The number of aliphatic hydroxyl groups is 1. The minimum absolute atomic E-state index is 0.339. The molecule has 0 bridgehead atoms. The molecule has 0 aliphatic carbocycles. The molecule has 0 unspecified atom stereocenters. The summed E-state index contributed by atoms with van der Waals surface area (Å²) < 4.78 is 0. The van der Waals surface area contributed by atoms with E-state index in [1.54, 1.807) is 12.1 Å². The molecule has 0 saturated carbocycles. The lowest BCUT2D eigenvalue weighted by Gasteiger charge is -2.08. The third-order valence-electron chi connectivity index (χ3n) is 1.57. The van der Waals surface area contributed by atoms with Crippen molar-refractivity contribution in [1.29, 1.82) is 0 Å². The normalized spacial score (nSPS) is 12.3. The quantitative estimate of drug-likeness (QED) is 0.824. The Labute approximate surface area is 91.6 Å². The van der Waals surface area contributed by atoms with E-state index in [0.717, 1.165) is 0 Å². The molecule has 0 spiro atoms. The van der Waals surface area contributed by atoms with Crippen molar-refractivity contribution in [3.8, 4) is 0 Å². The highest BCUT2D eigenvalue weighted by molar-refractivity contribution is 6.36. The molecular weight excluding hydrogens is 225 g/mol. The standard InChI is InChI=1S/C9H9Cl2NO2/c1-5(13)9(14)12-8-3-2-6(10)4-7(8)11/h2-5,13H,1H3,(H,12,14)/t5-/m1/s1. The number of hydrogen-bond acceptors (Lipinski definition) is 2. The van der Waals surface area contributed by atoms with E-state index in [4.69, 9.17) is 28.3 Å². The average molecular weight is 234 g/mol. The Morgan fingerprint density at radius 2 is 2.14 bits per heavy atom. The predicted octanol–water partition coefficient (Wildman–Crippen LogP) is 2.31. The summed E-state index contributed by atoms with van der Waals surface area (Å²) in [7, 11) is 0. The van der Waals surface area contributed by atoms with Crippen LogP contribution in [0.2, 0.25) is 10.0 Å². The molecule has 0 radical (unpaired) electrons. The molecule has 0 heterocycles. The van der Waals surface area contributed by atoms with Gasteiger partial charge in [-0.1, -0.05) is 23.2 Å². The maximum absolute atomic E-state index is 11.1. The van der Waals surface area contributed by atoms with Crippen LogP contribution in [0.4, 0.5) is 5.69 Å². The van der Waals surface area contributed by atoms with Crippen molar-refractivity contribution in [2.24, 2.45) is 0 Å². The molecule has 1 aromatic rings. The highest BCUT2D eigenvalue weighted by Gasteiger charge is 2.10. The highest BCUT2D eigenvalue weighted by atomic mass is 35.5. The number of halogens is 2. The molecule has 2 N–H and O–H groups in total. The fourth-order valence-corrected chi connectivity index (χ4v) is 1.28. The van der Waals surface area contributed by atoms with Crippen molar-refractivity contribution in [1.82, 2.24) is 0 Å². The first-order valence-corrected chi connectivity index (χ1v) is 4.70. The molecule has 0 saturated heterocycles. The summed E-state index contributed by atoms with van der Waals surface area (Å²) in [6.07, 6.45) is -1.07. The summed E-state index contributed by atoms with van der Waals surface area (Å²) >= 11 is 11.5. The fourth-order valence-electron chi connectivity index (χ4n) is 0.828. The van der Waals surface area contributed by atoms with Crippen molar-refractivity contribution >= 4 is 34.8 Å². The Bertz CT molecular complexity index is 353. The van der Waals surface area contributed by atoms with E-state index >= 15 is 0 Å². The van der Waals surface area contributed by atoms with Gasteiger partial charge >= 0.3 is 0 Å². The second-order valence-corrected chi connectivity index (χ2v) is 3.63. The van der Waals surface area contributed by atoms with Gasteiger partial charge in [0.2, 0.25) is 0 Å². The molecule has 1 amide bonds. The summed E-state index contributed by atoms with van der Waals surface area (Å²) in [6.45, 7) is 1.37. The third kappa shape index (κ3) is 2.87. The van der Waals surface area contributed by atoms with Gasteiger partial charge in [0.05, 0.1) is 10.7 Å². The summed E-state index contributed by atoms with van der Waals surface area (Å²) in [5.74, 6) is -0.505. The number of carbonyl (C=O) groups excluding carboxylic acids is 1. The van der Waals surface area contributed by atoms with E-state index < -0.39 is 12.0 Å². The van der Waals surface area contributed by atoms with E-state index in [2.05, 4.69) is 5.32 Å². The minimum atomic E-state index is -1.07. The van der Waals surface area contributed by atoms with Crippen LogP contribution >= 0.6 is 23.2 Å². The minimum Gasteiger partial charge on any atom is -0.384 e. The maximum Gasteiger partial charge on any atom is 0.252 e. The van der Waals surface area contributed by atoms with E-state index in [9.17, 15) is 4.79 Å². The molecule has 0 aromatic heterocycles. The van der Waals surface area contributed by atoms with Gasteiger partial charge in [-0.15, -0.1) is 0 Å². The van der Waals surface area contributed by atoms with Gasteiger partial charge < -0.3 is 10.4 Å². The number of nitrogens with one attached hydrogen (secondary N) is 1. The first kappa shape index (κ1) is 11.3. The molecule has 76 valence electrons. The van der Waals surface area contributed by atoms with Crippen LogP contribution in [0.25, 0.3) is 0 Å². The van der Waals surface area contributed by atoms with Crippen LogP contribution in [0.5, 0.6) is 0 Å². The smallest absolute Gasteiger partial charge is 0.252 e. The van der Waals surface area contributed by atoms with E-state index in [1.807, 2.05) is 0 Å². The van der Waals surface area contributed by atoms with Crippen LogP contribution in [-0.4, -0.2) is 17.1 Å². The molecular formula is C9H9Cl2NO2. The number of aliphatic hydroxyl groups excluding tert-OH is 1. The van der Waals surface area contributed by atoms with Gasteiger partial charge in [0.1, 0.15) is 6.10 Å². The lowest BCUT2D eigenvalue weighted by Crippen LogP contribution is -2.24. The Morgan fingerprint density at radius 1 is 1.50 bits per heavy atom. The number of hydrogen-bond donors (Lipinski definition) is 2. The highest BCUT2D eigenvalue weighted by Crippen LogP contribution is 2.25. The summed E-state index contributed by atoms with van der Waals surface area (Å²) in [5.41, 5.74) is 0.432. The third-order valence-corrected chi connectivity index (χ3v) is 2.12. The second kappa shape index (κ2) is 4.64. The zero-order valence-electron chi connectivity index (χ0n) is 7.42. The zero-order valence-corrected chi connectivity index (χ0v) is 8.93. The Kier molecular flexibility index (Phi) is 3.75. The number of benzene rings is 1. The molecule has 14 heavy (non-hydrogen) atoms. The fraction of sp³-hybridized carbons (Fsp3) is 0.222. The summed E-state index contributed by atoms with van der Waals surface area (Å²) in [6, 6.07) is 4.69. The first-order chi connectivity index (χ1) is 6.50. The molecule has 1 aromatic carbocycles. The Balaban J connectivity index is 2.82. The second-order valence-electron chi connectivity index (χ2n) is 2.79. The van der Waals surface area contributed by atoms with Gasteiger partial charge in [0.15, 0.2) is 0 Å². The van der Waals surface area contributed by atoms with Crippen molar-refractivity contribution in [2.45, 2.75) is 13.0 Å². The van der Waals surface area contributed by atoms with Crippen LogP contribution in [0.15, 0.2) is 18.2 Å². The summed E-state index contributed by atoms with van der Waals surface area (Å²) in [4.78, 5) is 11.1.